The highest BCUT2D eigenvalue weighted by molar-refractivity contribution is 6.00. The molecule has 3 aromatic rings. The summed E-state index contributed by atoms with van der Waals surface area (Å²) >= 11 is 0. The van der Waals surface area contributed by atoms with Crippen molar-refractivity contribution in [3.63, 3.8) is 0 Å². The zero-order chi connectivity index (χ0) is 19.6. The molecule has 3 aromatic carbocycles. The third-order valence-electron chi connectivity index (χ3n) is 7.92. The van der Waals surface area contributed by atoms with Gasteiger partial charge in [-0.05, 0) is 96.5 Å². The first-order valence-electron chi connectivity index (χ1n) is 10.9. The molecule has 1 heteroatoms. The third kappa shape index (κ3) is 2.78. The first-order chi connectivity index (χ1) is 13.3. The number of aryl methyl sites for hydroxylation is 1. The molecule has 28 heavy (non-hydrogen) atoms. The normalized spacial score (nSPS) is 29.8. The minimum absolute atomic E-state index is 0.283. The van der Waals surface area contributed by atoms with E-state index < -0.39 is 0 Å². The summed E-state index contributed by atoms with van der Waals surface area (Å²) in [6.45, 7) is 11.6. The molecule has 2 aliphatic rings. The summed E-state index contributed by atoms with van der Waals surface area (Å²) in [6.07, 6.45) is 3.01. The van der Waals surface area contributed by atoms with Gasteiger partial charge in [0.15, 0.2) is 0 Å². The van der Waals surface area contributed by atoms with Gasteiger partial charge in [-0.2, -0.15) is 0 Å². The van der Waals surface area contributed by atoms with Crippen molar-refractivity contribution >= 4 is 21.5 Å². The molecule has 0 radical (unpaired) electrons. The third-order valence-corrected chi connectivity index (χ3v) is 7.92. The van der Waals surface area contributed by atoms with Crippen molar-refractivity contribution in [2.24, 2.45) is 23.7 Å². The van der Waals surface area contributed by atoms with E-state index in [1.54, 1.807) is 0 Å². The molecule has 0 amide bonds. The predicted octanol–water partition coefficient (Wildman–Crippen LogP) is 7.23. The van der Waals surface area contributed by atoms with Crippen LogP contribution in [0.5, 0.6) is 0 Å². The zero-order valence-corrected chi connectivity index (χ0v) is 17.8. The second-order valence-corrected chi connectivity index (χ2v) is 10.0. The van der Waals surface area contributed by atoms with E-state index in [4.69, 9.17) is 4.74 Å². The van der Waals surface area contributed by atoms with E-state index in [-0.39, 0.29) is 5.60 Å². The van der Waals surface area contributed by atoms with Gasteiger partial charge in [0.05, 0.1) is 11.7 Å². The van der Waals surface area contributed by atoms with E-state index in [1.807, 2.05) is 0 Å². The Morgan fingerprint density at radius 2 is 1.68 bits per heavy atom. The number of hydrogen-bond acceptors (Lipinski definition) is 1. The first kappa shape index (κ1) is 18.2. The molecule has 0 spiro atoms. The Hall–Kier alpha value is -1.86. The van der Waals surface area contributed by atoms with Gasteiger partial charge in [0.25, 0.3) is 0 Å². The molecule has 0 saturated heterocycles. The largest absolute Gasteiger partial charge is 0.367 e. The smallest absolute Gasteiger partial charge is 0.0885 e. The fourth-order valence-electron chi connectivity index (χ4n) is 6.12. The average Bonchev–Trinajstić information content (AvgIpc) is 3.18. The molecule has 5 unspecified atom stereocenters. The van der Waals surface area contributed by atoms with E-state index in [0.29, 0.717) is 6.10 Å². The molecule has 5 rings (SSSR count). The number of rotatable bonds is 3. The van der Waals surface area contributed by atoms with Crippen molar-refractivity contribution in [3.05, 3.63) is 59.7 Å². The minimum atomic E-state index is -0.283. The molecule has 2 aliphatic carbocycles. The molecule has 0 aromatic heterocycles. The molecular weight excluding hydrogens is 340 g/mol. The lowest BCUT2D eigenvalue weighted by atomic mass is 9.80. The van der Waals surface area contributed by atoms with Crippen molar-refractivity contribution in [2.45, 2.75) is 59.2 Å². The molecule has 2 bridgehead atoms. The van der Waals surface area contributed by atoms with Gasteiger partial charge in [-0.15, -0.1) is 0 Å². The van der Waals surface area contributed by atoms with Gasteiger partial charge in [0, 0.05) is 0 Å². The summed E-state index contributed by atoms with van der Waals surface area (Å²) in [6, 6.07) is 18.1. The number of benzene rings is 3. The van der Waals surface area contributed by atoms with Crippen molar-refractivity contribution in [2.75, 3.05) is 0 Å². The molecule has 0 aliphatic heterocycles. The van der Waals surface area contributed by atoms with Gasteiger partial charge < -0.3 is 4.74 Å². The monoisotopic (exact) mass is 372 g/mol. The minimum Gasteiger partial charge on any atom is -0.367 e. The molecule has 1 nitrogen and oxygen atoms in total. The second kappa shape index (κ2) is 6.32. The lowest BCUT2D eigenvalue weighted by Gasteiger charge is -2.38. The van der Waals surface area contributed by atoms with Crippen molar-refractivity contribution in [3.8, 4) is 0 Å². The van der Waals surface area contributed by atoms with Crippen molar-refractivity contribution < 1.29 is 4.74 Å². The summed E-state index contributed by atoms with van der Waals surface area (Å²) < 4.78 is 6.88. The Bertz CT molecular complexity index is 1040. The lowest BCUT2D eigenvalue weighted by Crippen LogP contribution is -2.36. The van der Waals surface area contributed by atoms with Crippen LogP contribution in [-0.2, 0) is 10.3 Å². The number of ether oxygens (including phenoxy) is 1. The maximum Gasteiger partial charge on any atom is 0.0885 e. The van der Waals surface area contributed by atoms with Crippen molar-refractivity contribution in [1.82, 2.24) is 0 Å². The van der Waals surface area contributed by atoms with E-state index in [1.165, 1.54) is 45.5 Å². The van der Waals surface area contributed by atoms with Crippen LogP contribution in [0.4, 0.5) is 0 Å². The van der Waals surface area contributed by atoms with Crippen LogP contribution in [0.15, 0.2) is 48.5 Å². The SMILES string of the molecule is Cc1ccc2cc3cccc(C(C)(C)OC4CC5CC4C(C)C5C)c3cc2c1. The van der Waals surface area contributed by atoms with Gasteiger partial charge in [-0.25, -0.2) is 0 Å². The maximum absolute atomic E-state index is 6.88. The maximum atomic E-state index is 6.88. The molecule has 2 fully saturated rings. The Balaban J connectivity index is 1.54. The molecule has 0 N–H and O–H groups in total. The van der Waals surface area contributed by atoms with Crippen LogP contribution in [0.25, 0.3) is 21.5 Å². The summed E-state index contributed by atoms with van der Waals surface area (Å²) in [5.41, 5.74) is 2.34. The Morgan fingerprint density at radius 3 is 2.43 bits per heavy atom. The fourth-order valence-corrected chi connectivity index (χ4v) is 6.12. The molecule has 0 heterocycles. The molecule has 146 valence electrons. The van der Waals surface area contributed by atoms with Gasteiger partial charge >= 0.3 is 0 Å². The van der Waals surface area contributed by atoms with Crippen LogP contribution in [-0.4, -0.2) is 6.10 Å². The zero-order valence-electron chi connectivity index (χ0n) is 17.8. The standard InChI is InChI=1S/C27H32O/c1-16-9-10-19-12-20-7-6-8-25(24(20)14-22(19)11-16)27(4,5)28-26-15-21-13-23(26)18(3)17(21)2/h6-12,14,17-18,21,23,26H,13,15H2,1-5H3. The Morgan fingerprint density at radius 1 is 0.857 bits per heavy atom. The van der Waals surface area contributed by atoms with Gasteiger partial charge in [0.1, 0.15) is 0 Å². The highest BCUT2D eigenvalue weighted by Gasteiger charge is 2.50. The van der Waals surface area contributed by atoms with E-state index >= 15 is 0 Å². The topological polar surface area (TPSA) is 9.23 Å². The van der Waals surface area contributed by atoms with E-state index in [9.17, 15) is 0 Å². The number of fused-ring (bicyclic) bond motifs is 4. The number of hydrogen-bond donors (Lipinski definition) is 0. The van der Waals surface area contributed by atoms with Crippen LogP contribution < -0.4 is 0 Å². The quantitative estimate of drug-likeness (QED) is 0.440. The summed E-state index contributed by atoms with van der Waals surface area (Å²) in [7, 11) is 0. The van der Waals surface area contributed by atoms with Crippen LogP contribution in [0.2, 0.25) is 0 Å². The highest BCUT2D eigenvalue weighted by Crippen LogP contribution is 2.54. The van der Waals surface area contributed by atoms with Gasteiger partial charge in [-0.3, -0.25) is 0 Å². The molecular formula is C27H32O. The summed E-state index contributed by atoms with van der Waals surface area (Å²) in [5, 5.41) is 5.26. The van der Waals surface area contributed by atoms with Crippen LogP contribution >= 0.6 is 0 Å². The fraction of sp³-hybridized carbons (Fsp3) is 0.481. The van der Waals surface area contributed by atoms with Gasteiger partial charge in [0.2, 0.25) is 0 Å². The highest BCUT2D eigenvalue weighted by atomic mass is 16.5. The van der Waals surface area contributed by atoms with Crippen LogP contribution in [0, 0.1) is 30.6 Å². The summed E-state index contributed by atoms with van der Waals surface area (Å²) in [5.74, 6) is 3.25. The van der Waals surface area contributed by atoms with Crippen LogP contribution in [0.1, 0.15) is 51.7 Å². The Kier molecular flexibility index (Phi) is 4.11. The van der Waals surface area contributed by atoms with E-state index in [2.05, 4.69) is 83.1 Å². The Labute approximate surface area is 169 Å². The first-order valence-corrected chi connectivity index (χ1v) is 10.9. The predicted molar refractivity (Wildman–Crippen MR) is 119 cm³/mol. The average molecular weight is 373 g/mol. The van der Waals surface area contributed by atoms with Crippen LogP contribution in [0.3, 0.4) is 0 Å². The summed E-state index contributed by atoms with van der Waals surface area (Å²) in [4.78, 5) is 0. The van der Waals surface area contributed by atoms with E-state index in [0.717, 1.165) is 23.7 Å². The second-order valence-electron chi connectivity index (χ2n) is 10.0. The van der Waals surface area contributed by atoms with Crippen molar-refractivity contribution in [1.29, 1.82) is 0 Å². The lowest BCUT2D eigenvalue weighted by molar-refractivity contribution is -0.109. The van der Waals surface area contributed by atoms with Gasteiger partial charge in [-0.1, -0.05) is 55.8 Å². The molecule has 2 saturated carbocycles. The molecule has 5 atom stereocenters.